The van der Waals surface area contributed by atoms with Gasteiger partial charge in [-0.2, -0.15) is 0 Å². The molecule has 2 aliphatic carbocycles. The Morgan fingerprint density at radius 2 is 0.714 bits per heavy atom. The molecule has 0 N–H and O–H groups in total. The highest BCUT2D eigenvalue weighted by atomic mass is 14.2. The maximum atomic E-state index is 2.24. The van der Waals surface area contributed by atoms with Crippen LogP contribution < -0.4 is 0 Å². The molecule has 0 unspecified atom stereocenters. The second kappa shape index (κ2) is 8.55. The molecule has 14 heavy (non-hydrogen) atoms. The van der Waals surface area contributed by atoms with Gasteiger partial charge in [0.25, 0.3) is 0 Å². The van der Waals surface area contributed by atoms with Crippen molar-refractivity contribution in [2.45, 2.75) is 27.7 Å². The van der Waals surface area contributed by atoms with Crippen LogP contribution in [0, 0.1) is 11.8 Å². The Kier molecular flexibility index (Phi) is 7.92. The Balaban J connectivity index is 0.000000379. The van der Waals surface area contributed by atoms with Crippen molar-refractivity contribution in [3.05, 3.63) is 48.6 Å². The fourth-order valence-corrected chi connectivity index (χ4v) is 1.41. The van der Waals surface area contributed by atoms with Gasteiger partial charge in [-0.05, 0) is 0 Å². The number of rotatable bonds is 0. The Morgan fingerprint density at radius 1 is 0.500 bits per heavy atom. The lowest BCUT2D eigenvalue weighted by Crippen LogP contribution is -2.09. The van der Waals surface area contributed by atoms with Crippen molar-refractivity contribution in [1.29, 1.82) is 0 Å². The maximum Gasteiger partial charge on any atom is 0.00506 e. The molecule has 0 spiro atoms. The summed E-state index contributed by atoms with van der Waals surface area (Å²) in [6, 6.07) is 0. The van der Waals surface area contributed by atoms with Crippen LogP contribution in [0.3, 0.4) is 0 Å². The van der Waals surface area contributed by atoms with E-state index in [1.54, 1.807) is 0 Å². The van der Waals surface area contributed by atoms with Gasteiger partial charge in [0.1, 0.15) is 0 Å². The third-order valence-corrected chi connectivity index (χ3v) is 2.00. The summed E-state index contributed by atoms with van der Waals surface area (Å²) in [5, 5.41) is 0. The summed E-state index contributed by atoms with van der Waals surface area (Å²) in [4.78, 5) is 0. The fourth-order valence-electron chi connectivity index (χ4n) is 1.41. The summed E-state index contributed by atoms with van der Waals surface area (Å²) in [5.41, 5.74) is 0. The fraction of sp³-hybridized carbons (Fsp3) is 0.429. The van der Waals surface area contributed by atoms with Crippen LogP contribution in [0.15, 0.2) is 48.6 Å². The molecule has 2 aliphatic rings. The summed E-state index contributed by atoms with van der Waals surface area (Å²) in [6.45, 7) is 8.00. The Morgan fingerprint density at radius 3 is 0.929 bits per heavy atom. The number of hydrogen-bond donors (Lipinski definition) is 0. The normalized spacial score (nSPS) is 25.4. The van der Waals surface area contributed by atoms with Crippen molar-refractivity contribution in [3.63, 3.8) is 0 Å². The molecule has 0 radical (unpaired) electrons. The maximum absolute atomic E-state index is 2.24. The van der Waals surface area contributed by atoms with Gasteiger partial charge in [-0.15, -0.1) is 0 Å². The Labute approximate surface area is 88.7 Å². The average Bonchev–Trinajstić information content (AvgIpc) is 2.34. The number of hydrogen-bond acceptors (Lipinski definition) is 0. The topological polar surface area (TPSA) is 0 Å². The van der Waals surface area contributed by atoms with Crippen LogP contribution in [0.2, 0.25) is 0 Å². The smallest absolute Gasteiger partial charge is 0.00506 e. The minimum absolute atomic E-state index is 0.620. The van der Waals surface area contributed by atoms with E-state index in [1.807, 2.05) is 27.7 Å². The molecule has 0 saturated carbocycles. The molecule has 0 nitrogen and oxygen atoms in total. The summed E-state index contributed by atoms with van der Waals surface area (Å²) < 4.78 is 0. The van der Waals surface area contributed by atoms with Crippen LogP contribution in [-0.2, 0) is 0 Å². The van der Waals surface area contributed by atoms with Gasteiger partial charge in [0.05, 0.1) is 0 Å². The molecule has 0 aliphatic heterocycles. The first kappa shape index (κ1) is 13.0. The molecular formula is C14H22. The molecule has 0 atom stereocenters. The van der Waals surface area contributed by atoms with Gasteiger partial charge in [-0.25, -0.2) is 0 Å². The summed E-state index contributed by atoms with van der Waals surface area (Å²) in [7, 11) is 0. The van der Waals surface area contributed by atoms with Crippen LogP contribution in [0.25, 0.3) is 0 Å². The molecule has 0 aromatic rings. The lowest BCUT2D eigenvalue weighted by Gasteiger charge is -2.19. The zero-order valence-electron chi connectivity index (χ0n) is 9.77. The lowest BCUT2D eigenvalue weighted by atomic mass is 9.85. The highest BCUT2D eigenvalue weighted by Gasteiger charge is 2.13. The molecular weight excluding hydrogens is 168 g/mol. The zero-order chi connectivity index (χ0) is 10.8. The third-order valence-electron chi connectivity index (χ3n) is 2.00. The summed E-state index contributed by atoms with van der Waals surface area (Å²) >= 11 is 0. The molecule has 0 heterocycles. The van der Waals surface area contributed by atoms with E-state index in [0.29, 0.717) is 11.8 Å². The number of fused-ring (bicyclic) bond motifs is 1. The van der Waals surface area contributed by atoms with E-state index in [4.69, 9.17) is 0 Å². The Hall–Kier alpha value is -1.04. The van der Waals surface area contributed by atoms with Gasteiger partial charge < -0.3 is 0 Å². The monoisotopic (exact) mass is 190 g/mol. The molecule has 0 aromatic carbocycles. The van der Waals surface area contributed by atoms with E-state index < -0.39 is 0 Å². The van der Waals surface area contributed by atoms with E-state index in [9.17, 15) is 0 Å². The van der Waals surface area contributed by atoms with Crippen LogP contribution in [0.4, 0.5) is 0 Å². The highest BCUT2D eigenvalue weighted by molar-refractivity contribution is 5.27. The SMILES string of the molecule is C1=CC2C=CC=CC2C=C1.CC.CC. The van der Waals surface area contributed by atoms with E-state index in [1.165, 1.54) is 0 Å². The lowest BCUT2D eigenvalue weighted by molar-refractivity contribution is 0.660. The van der Waals surface area contributed by atoms with Crippen molar-refractivity contribution in [1.82, 2.24) is 0 Å². The van der Waals surface area contributed by atoms with Crippen molar-refractivity contribution in [2.75, 3.05) is 0 Å². The number of allylic oxidation sites excluding steroid dienone is 8. The second-order valence-electron chi connectivity index (χ2n) is 2.69. The van der Waals surface area contributed by atoms with E-state index >= 15 is 0 Å². The summed E-state index contributed by atoms with van der Waals surface area (Å²) in [6.07, 6.45) is 17.4. The Bertz CT molecular complexity index is 178. The quantitative estimate of drug-likeness (QED) is 0.526. The first-order valence-corrected chi connectivity index (χ1v) is 5.67. The molecule has 0 heteroatoms. The van der Waals surface area contributed by atoms with Gasteiger partial charge in [-0.3, -0.25) is 0 Å². The molecule has 78 valence electrons. The van der Waals surface area contributed by atoms with Gasteiger partial charge >= 0.3 is 0 Å². The van der Waals surface area contributed by atoms with Crippen LogP contribution in [0.1, 0.15) is 27.7 Å². The van der Waals surface area contributed by atoms with Crippen molar-refractivity contribution >= 4 is 0 Å². The predicted molar refractivity (Wildman–Crippen MR) is 66.2 cm³/mol. The molecule has 0 saturated heterocycles. The highest BCUT2D eigenvalue weighted by Crippen LogP contribution is 2.24. The van der Waals surface area contributed by atoms with Gasteiger partial charge in [0.2, 0.25) is 0 Å². The van der Waals surface area contributed by atoms with Crippen LogP contribution in [-0.4, -0.2) is 0 Å². The van der Waals surface area contributed by atoms with E-state index in [2.05, 4.69) is 48.6 Å². The predicted octanol–water partition coefficient (Wildman–Crippen LogP) is 4.52. The largest absolute Gasteiger partial charge is 0.0767 e. The standard InChI is InChI=1S/C10H10.2C2H6/c1-2-6-10-8-4-3-7-9(10)5-1;2*1-2/h1-10H;2*1-2H3. The molecule has 0 fully saturated rings. The first-order valence-electron chi connectivity index (χ1n) is 5.67. The summed E-state index contributed by atoms with van der Waals surface area (Å²) in [5.74, 6) is 1.24. The van der Waals surface area contributed by atoms with Gasteiger partial charge in [-0.1, -0.05) is 76.3 Å². The first-order chi connectivity index (χ1) is 6.97. The second-order valence-corrected chi connectivity index (χ2v) is 2.69. The molecule has 0 amide bonds. The van der Waals surface area contributed by atoms with E-state index in [0.717, 1.165) is 0 Å². The molecule has 0 bridgehead atoms. The van der Waals surface area contributed by atoms with Crippen molar-refractivity contribution in [3.8, 4) is 0 Å². The van der Waals surface area contributed by atoms with E-state index in [-0.39, 0.29) is 0 Å². The third kappa shape index (κ3) is 3.78. The van der Waals surface area contributed by atoms with Gasteiger partial charge in [0, 0.05) is 11.8 Å². The van der Waals surface area contributed by atoms with Crippen molar-refractivity contribution in [2.24, 2.45) is 11.8 Å². The zero-order valence-corrected chi connectivity index (χ0v) is 9.77. The minimum Gasteiger partial charge on any atom is -0.0767 e. The van der Waals surface area contributed by atoms with Gasteiger partial charge in [0.15, 0.2) is 0 Å². The average molecular weight is 190 g/mol. The minimum atomic E-state index is 0.620. The van der Waals surface area contributed by atoms with Crippen molar-refractivity contribution < 1.29 is 0 Å². The molecule has 0 aromatic heterocycles. The van der Waals surface area contributed by atoms with Crippen LogP contribution in [0.5, 0.6) is 0 Å². The molecule has 2 rings (SSSR count). The van der Waals surface area contributed by atoms with Crippen LogP contribution >= 0.6 is 0 Å².